The zero-order chi connectivity index (χ0) is 24.4. The van der Waals surface area contributed by atoms with Crippen LogP contribution in [0.5, 0.6) is 11.5 Å². The fourth-order valence-electron chi connectivity index (χ4n) is 5.11. The van der Waals surface area contributed by atoms with Gasteiger partial charge in [0, 0.05) is 32.2 Å². The summed E-state index contributed by atoms with van der Waals surface area (Å²) in [5.74, 6) is 1.36. The number of amides is 1. The van der Waals surface area contributed by atoms with Crippen LogP contribution < -0.4 is 15.0 Å². The number of fused-ring (bicyclic) bond motifs is 1. The Kier molecular flexibility index (Phi) is 6.72. The van der Waals surface area contributed by atoms with E-state index in [0.717, 1.165) is 44.3 Å². The van der Waals surface area contributed by atoms with Gasteiger partial charge in [0.2, 0.25) is 5.91 Å². The number of benzene rings is 2. The van der Waals surface area contributed by atoms with Crippen molar-refractivity contribution < 1.29 is 14.3 Å². The molecule has 2 fully saturated rings. The van der Waals surface area contributed by atoms with Gasteiger partial charge in [-0.1, -0.05) is 30.3 Å². The Bertz CT molecular complexity index is 1250. The van der Waals surface area contributed by atoms with Crippen molar-refractivity contribution in [3.05, 3.63) is 64.7 Å². The van der Waals surface area contributed by atoms with E-state index >= 15 is 0 Å². The predicted octanol–water partition coefficient (Wildman–Crippen LogP) is 2.92. The molecule has 0 atom stereocenters. The number of piperazine rings is 1. The van der Waals surface area contributed by atoms with Gasteiger partial charge in [-0.3, -0.25) is 19.1 Å². The number of hydrogen-bond donors (Lipinski definition) is 0. The number of methoxy groups -OCH3 is 1. The Balaban J connectivity index is 1.31. The van der Waals surface area contributed by atoms with Gasteiger partial charge in [-0.15, -0.1) is 0 Å². The van der Waals surface area contributed by atoms with Crippen LogP contribution in [0.3, 0.4) is 0 Å². The molecule has 3 aromatic rings. The van der Waals surface area contributed by atoms with E-state index in [-0.39, 0.29) is 17.6 Å². The lowest BCUT2D eigenvalue weighted by molar-refractivity contribution is -0.135. The minimum absolute atomic E-state index is 0.0454. The standard InChI is InChI=1S/C27H32N4O4/c1-29-12-13-30(17-26(29)32)20-8-10-21(11-9-20)35-25-14-22-23(15-24(25)34-2)28-18-31(27(22)33)16-19-6-4-3-5-7-19/h3-7,14-15,18,20-21H,8-13,16-17H2,1-2H3. The number of rotatable bonds is 6. The molecule has 1 amide bonds. The van der Waals surface area contributed by atoms with Crippen LogP contribution in [0.25, 0.3) is 10.9 Å². The van der Waals surface area contributed by atoms with Gasteiger partial charge < -0.3 is 14.4 Å². The fraction of sp³-hybridized carbons (Fsp3) is 0.444. The summed E-state index contributed by atoms with van der Waals surface area (Å²) in [5.41, 5.74) is 1.53. The summed E-state index contributed by atoms with van der Waals surface area (Å²) in [6.45, 7) is 2.69. The molecule has 0 bridgehead atoms. The summed E-state index contributed by atoms with van der Waals surface area (Å²) >= 11 is 0. The number of aromatic nitrogens is 2. The molecular weight excluding hydrogens is 444 g/mol. The summed E-state index contributed by atoms with van der Waals surface area (Å²) in [7, 11) is 3.47. The van der Waals surface area contributed by atoms with E-state index in [1.165, 1.54) is 0 Å². The van der Waals surface area contributed by atoms with E-state index < -0.39 is 0 Å². The first-order chi connectivity index (χ1) is 17.0. The molecule has 2 heterocycles. The van der Waals surface area contributed by atoms with E-state index in [2.05, 4.69) is 9.88 Å². The van der Waals surface area contributed by atoms with Crippen LogP contribution in [0.1, 0.15) is 31.2 Å². The van der Waals surface area contributed by atoms with Crippen LogP contribution in [0.4, 0.5) is 0 Å². The zero-order valence-electron chi connectivity index (χ0n) is 20.4. The number of hydrogen-bond acceptors (Lipinski definition) is 6. The first-order valence-electron chi connectivity index (χ1n) is 12.3. The topological polar surface area (TPSA) is 76.9 Å². The third-order valence-electron chi connectivity index (χ3n) is 7.25. The monoisotopic (exact) mass is 476 g/mol. The van der Waals surface area contributed by atoms with Crippen LogP contribution in [0.15, 0.2) is 53.6 Å². The van der Waals surface area contributed by atoms with Crippen molar-refractivity contribution in [2.75, 3.05) is 33.8 Å². The molecule has 8 heteroatoms. The maximum atomic E-state index is 13.2. The molecule has 2 aromatic carbocycles. The minimum Gasteiger partial charge on any atom is -0.493 e. The van der Waals surface area contributed by atoms with Crippen LogP contribution in [0.2, 0.25) is 0 Å². The fourth-order valence-corrected chi connectivity index (χ4v) is 5.11. The molecule has 35 heavy (non-hydrogen) atoms. The molecule has 184 valence electrons. The molecule has 0 spiro atoms. The van der Waals surface area contributed by atoms with Crippen molar-refractivity contribution >= 4 is 16.8 Å². The molecule has 8 nitrogen and oxygen atoms in total. The van der Waals surface area contributed by atoms with Gasteiger partial charge in [0.25, 0.3) is 5.56 Å². The Morgan fingerprint density at radius 1 is 1.00 bits per heavy atom. The highest BCUT2D eigenvalue weighted by Crippen LogP contribution is 2.34. The van der Waals surface area contributed by atoms with E-state index in [1.54, 1.807) is 35.0 Å². The molecule has 1 aromatic heterocycles. The molecular formula is C27H32N4O4. The highest BCUT2D eigenvalue weighted by Gasteiger charge is 2.31. The number of likely N-dealkylation sites (N-methyl/N-ethyl adjacent to an activating group) is 1. The summed E-state index contributed by atoms with van der Waals surface area (Å²) in [6, 6.07) is 13.8. The van der Waals surface area contributed by atoms with Gasteiger partial charge in [0.1, 0.15) is 0 Å². The Morgan fingerprint density at radius 3 is 2.49 bits per heavy atom. The molecule has 2 aliphatic rings. The van der Waals surface area contributed by atoms with Crippen LogP contribution in [-0.2, 0) is 11.3 Å². The van der Waals surface area contributed by atoms with Crippen LogP contribution >= 0.6 is 0 Å². The first kappa shape index (κ1) is 23.4. The average molecular weight is 477 g/mol. The minimum atomic E-state index is -0.102. The third kappa shape index (κ3) is 5.03. The molecule has 0 unspecified atom stereocenters. The van der Waals surface area contributed by atoms with Crippen molar-refractivity contribution in [3.8, 4) is 11.5 Å². The zero-order valence-corrected chi connectivity index (χ0v) is 20.4. The number of ether oxygens (including phenoxy) is 2. The smallest absolute Gasteiger partial charge is 0.261 e. The quantitative estimate of drug-likeness (QED) is 0.545. The Morgan fingerprint density at radius 2 is 1.77 bits per heavy atom. The average Bonchev–Trinajstić information content (AvgIpc) is 2.88. The van der Waals surface area contributed by atoms with Crippen LogP contribution in [0, 0.1) is 0 Å². The predicted molar refractivity (Wildman–Crippen MR) is 134 cm³/mol. The highest BCUT2D eigenvalue weighted by atomic mass is 16.5. The largest absolute Gasteiger partial charge is 0.493 e. The van der Waals surface area contributed by atoms with Crippen molar-refractivity contribution in [1.82, 2.24) is 19.4 Å². The molecule has 1 aliphatic heterocycles. The van der Waals surface area contributed by atoms with Gasteiger partial charge in [-0.25, -0.2) is 4.98 Å². The second-order valence-electron chi connectivity index (χ2n) is 9.52. The Hall–Kier alpha value is -3.39. The highest BCUT2D eigenvalue weighted by molar-refractivity contribution is 5.81. The maximum absolute atomic E-state index is 13.2. The number of carbonyl (C=O) groups excluding carboxylic acids is 1. The van der Waals surface area contributed by atoms with Crippen molar-refractivity contribution in [3.63, 3.8) is 0 Å². The second kappa shape index (κ2) is 10.1. The SMILES string of the molecule is COc1cc2ncn(Cc3ccccc3)c(=O)c2cc1OC1CCC(N2CCN(C)C(=O)C2)CC1. The maximum Gasteiger partial charge on any atom is 0.261 e. The Labute approximate surface area is 205 Å². The van der Waals surface area contributed by atoms with Gasteiger partial charge in [-0.2, -0.15) is 0 Å². The van der Waals surface area contributed by atoms with E-state index in [4.69, 9.17) is 9.47 Å². The third-order valence-corrected chi connectivity index (χ3v) is 7.25. The first-order valence-corrected chi connectivity index (χ1v) is 12.3. The van der Waals surface area contributed by atoms with Crippen molar-refractivity contribution in [1.29, 1.82) is 0 Å². The number of nitrogens with zero attached hydrogens (tertiary/aromatic N) is 4. The molecule has 0 radical (unpaired) electrons. The van der Waals surface area contributed by atoms with E-state index in [1.807, 2.05) is 37.4 Å². The van der Waals surface area contributed by atoms with E-state index in [9.17, 15) is 9.59 Å². The van der Waals surface area contributed by atoms with Crippen molar-refractivity contribution in [2.24, 2.45) is 0 Å². The van der Waals surface area contributed by atoms with Crippen LogP contribution in [-0.4, -0.2) is 71.2 Å². The number of carbonyl (C=O) groups is 1. The van der Waals surface area contributed by atoms with Gasteiger partial charge in [-0.05, 0) is 37.3 Å². The summed E-state index contributed by atoms with van der Waals surface area (Å²) in [4.78, 5) is 34.0. The second-order valence-corrected chi connectivity index (χ2v) is 9.52. The van der Waals surface area contributed by atoms with Gasteiger partial charge in [0.15, 0.2) is 11.5 Å². The lowest BCUT2D eigenvalue weighted by Crippen LogP contribution is -2.53. The molecule has 1 saturated heterocycles. The molecule has 1 saturated carbocycles. The van der Waals surface area contributed by atoms with E-state index in [0.29, 0.717) is 41.5 Å². The summed E-state index contributed by atoms with van der Waals surface area (Å²) in [6.07, 6.45) is 5.41. The van der Waals surface area contributed by atoms with Gasteiger partial charge in [0.05, 0.1) is 43.5 Å². The summed E-state index contributed by atoms with van der Waals surface area (Å²) in [5, 5.41) is 0.517. The lowest BCUT2D eigenvalue weighted by Gasteiger charge is -2.40. The molecule has 1 aliphatic carbocycles. The van der Waals surface area contributed by atoms with Gasteiger partial charge >= 0.3 is 0 Å². The summed E-state index contributed by atoms with van der Waals surface area (Å²) < 4.78 is 13.6. The van der Waals surface area contributed by atoms with Crippen molar-refractivity contribution in [2.45, 2.75) is 44.4 Å². The molecule has 0 N–H and O–H groups in total. The normalized spacial score (nSPS) is 21.3. The molecule has 5 rings (SSSR count). The lowest BCUT2D eigenvalue weighted by atomic mass is 9.91.